The van der Waals surface area contributed by atoms with Crippen molar-refractivity contribution in [2.45, 2.75) is 59.0 Å². The molecular weight excluding hydrogens is 364 g/mol. The molecule has 3 rings (SSSR count). The van der Waals surface area contributed by atoms with E-state index in [1.165, 1.54) is 0 Å². The van der Waals surface area contributed by atoms with Crippen LogP contribution in [0.25, 0.3) is 11.3 Å². The van der Waals surface area contributed by atoms with Crippen LogP contribution in [-0.2, 0) is 16.6 Å². The van der Waals surface area contributed by atoms with Gasteiger partial charge in [0.05, 0.1) is 11.7 Å². The standard InChI is InChI=1S/C23H32N4O2/c1-15(2)13-22(28)27-12-6-7-21(27)23(29)25-17(4)19-9-8-18(14-16(19)3)20-10-11-24-26(20)5/h8-11,14-15,17,21H,6-7,12-13H2,1-5H3,(H,25,29). The monoisotopic (exact) mass is 396 g/mol. The second-order valence-electron chi connectivity index (χ2n) is 8.48. The molecular formula is C23H32N4O2. The zero-order valence-electron chi connectivity index (χ0n) is 18.1. The number of nitrogens with one attached hydrogen (secondary N) is 1. The third kappa shape index (κ3) is 4.69. The minimum absolute atomic E-state index is 0.0535. The van der Waals surface area contributed by atoms with Crippen LogP contribution in [0, 0.1) is 12.8 Å². The zero-order chi connectivity index (χ0) is 21.1. The summed E-state index contributed by atoms with van der Waals surface area (Å²) in [6.07, 6.45) is 3.90. The smallest absolute Gasteiger partial charge is 0.243 e. The maximum absolute atomic E-state index is 12.9. The van der Waals surface area contributed by atoms with E-state index in [0.717, 1.165) is 35.2 Å². The molecule has 6 nitrogen and oxygen atoms in total. The largest absolute Gasteiger partial charge is 0.348 e. The molecule has 2 heterocycles. The van der Waals surface area contributed by atoms with Crippen molar-refractivity contribution >= 4 is 11.8 Å². The van der Waals surface area contributed by atoms with Gasteiger partial charge in [-0.3, -0.25) is 14.3 Å². The molecule has 29 heavy (non-hydrogen) atoms. The molecule has 1 aromatic carbocycles. The topological polar surface area (TPSA) is 67.2 Å². The van der Waals surface area contributed by atoms with Crippen molar-refractivity contribution in [1.29, 1.82) is 0 Å². The van der Waals surface area contributed by atoms with E-state index in [2.05, 4.69) is 35.5 Å². The fourth-order valence-corrected chi connectivity index (χ4v) is 4.17. The van der Waals surface area contributed by atoms with Crippen LogP contribution in [0.4, 0.5) is 0 Å². The Morgan fingerprint density at radius 2 is 2.00 bits per heavy atom. The van der Waals surface area contributed by atoms with Gasteiger partial charge in [0.25, 0.3) is 0 Å². The van der Waals surface area contributed by atoms with E-state index >= 15 is 0 Å². The average molecular weight is 397 g/mol. The lowest BCUT2D eigenvalue weighted by Gasteiger charge is -2.27. The normalized spacial score (nSPS) is 17.6. The van der Waals surface area contributed by atoms with E-state index < -0.39 is 0 Å². The summed E-state index contributed by atoms with van der Waals surface area (Å²) in [6.45, 7) is 8.80. The van der Waals surface area contributed by atoms with Crippen molar-refractivity contribution in [2.24, 2.45) is 13.0 Å². The van der Waals surface area contributed by atoms with Crippen molar-refractivity contribution < 1.29 is 9.59 Å². The predicted molar refractivity (Wildman–Crippen MR) is 114 cm³/mol. The molecule has 1 N–H and O–H groups in total. The van der Waals surface area contributed by atoms with Crippen LogP contribution in [-0.4, -0.2) is 39.1 Å². The summed E-state index contributed by atoms with van der Waals surface area (Å²) in [5.41, 5.74) is 4.37. The molecule has 0 saturated carbocycles. The fraction of sp³-hybridized carbons (Fsp3) is 0.522. The minimum atomic E-state index is -0.349. The molecule has 1 aliphatic rings. The number of hydrogen-bond acceptors (Lipinski definition) is 3. The van der Waals surface area contributed by atoms with Gasteiger partial charge in [-0.2, -0.15) is 5.10 Å². The predicted octanol–water partition coefficient (Wildman–Crippen LogP) is 3.61. The average Bonchev–Trinajstić information content (AvgIpc) is 3.29. The van der Waals surface area contributed by atoms with Gasteiger partial charge in [-0.1, -0.05) is 26.0 Å². The Labute approximate surface area is 173 Å². The molecule has 2 unspecified atom stereocenters. The summed E-state index contributed by atoms with van der Waals surface area (Å²) in [5.74, 6) is 0.329. The second-order valence-corrected chi connectivity index (χ2v) is 8.48. The molecule has 0 bridgehead atoms. The van der Waals surface area contributed by atoms with Gasteiger partial charge in [0, 0.05) is 31.8 Å². The highest BCUT2D eigenvalue weighted by atomic mass is 16.2. The Balaban J connectivity index is 1.69. The SMILES string of the molecule is Cc1cc(-c2ccnn2C)ccc1C(C)NC(=O)C1CCCN1C(=O)CC(C)C. The number of rotatable bonds is 6. The summed E-state index contributed by atoms with van der Waals surface area (Å²) in [4.78, 5) is 27.2. The van der Waals surface area contributed by atoms with Gasteiger partial charge in [-0.15, -0.1) is 0 Å². The van der Waals surface area contributed by atoms with Crippen LogP contribution in [0.5, 0.6) is 0 Å². The first-order chi connectivity index (χ1) is 13.8. The maximum Gasteiger partial charge on any atom is 0.243 e. The van der Waals surface area contributed by atoms with E-state index in [-0.39, 0.29) is 23.9 Å². The molecule has 1 aliphatic heterocycles. The number of nitrogens with zero attached hydrogens (tertiary/aromatic N) is 3. The number of carbonyl (C=O) groups is 2. The molecule has 0 radical (unpaired) electrons. The van der Waals surface area contributed by atoms with Crippen molar-refractivity contribution in [3.63, 3.8) is 0 Å². The molecule has 0 aliphatic carbocycles. The Hall–Kier alpha value is -2.63. The molecule has 2 aromatic rings. The second kappa shape index (κ2) is 8.80. The molecule has 6 heteroatoms. The number of aromatic nitrogens is 2. The van der Waals surface area contributed by atoms with E-state index in [9.17, 15) is 9.59 Å². The number of benzene rings is 1. The van der Waals surface area contributed by atoms with Crippen LogP contribution in [0.2, 0.25) is 0 Å². The van der Waals surface area contributed by atoms with Crippen LogP contribution in [0.1, 0.15) is 57.2 Å². The van der Waals surface area contributed by atoms with E-state index in [1.807, 2.05) is 38.6 Å². The third-order valence-corrected chi connectivity index (χ3v) is 5.67. The van der Waals surface area contributed by atoms with Crippen molar-refractivity contribution in [3.8, 4) is 11.3 Å². The highest BCUT2D eigenvalue weighted by Crippen LogP contribution is 2.26. The quantitative estimate of drug-likeness (QED) is 0.811. The molecule has 2 amide bonds. The number of aryl methyl sites for hydroxylation is 2. The highest BCUT2D eigenvalue weighted by Gasteiger charge is 2.34. The summed E-state index contributed by atoms with van der Waals surface area (Å²) in [6, 6.07) is 7.78. The molecule has 1 fully saturated rings. The van der Waals surface area contributed by atoms with Crippen molar-refractivity contribution in [3.05, 3.63) is 41.6 Å². The van der Waals surface area contributed by atoms with Gasteiger partial charge in [-0.05, 0) is 55.9 Å². The van der Waals surface area contributed by atoms with Crippen LogP contribution < -0.4 is 5.32 Å². The van der Waals surface area contributed by atoms with Crippen molar-refractivity contribution in [2.75, 3.05) is 6.54 Å². The van der Waals surface area contributed by atoms with Gasteiger partial charge in [0.1, 0.15) is 6.04 Å². The Kier molecular flexibility index (Phi) is 6.40. The maximum atomic E-state index is 12.9. The Bertz CT molecular complexity index is 887. The highest BCUT2D eigenvalue weighted by molar-refractivity contribution is 5.88. The molecule has 1 aromatic heterocycles. The number of likely N-dealkylation sites (tertiary alicyclic amines) is 1. The van der Waals surface area contributed by atoms with E-state index in [0.29, 0.717) is 18.9 Å². The van der Waals surface area contributed by atoms with Gasteiger partial charge in [0.2, 0.25) is 11.8 Å². The summed E-state index contributed by atoms with van der Waals surface area (Å²) in [5, 5.41) is 7.36. The zero-order valence-corrected chi connectivity index (χ0v) is 18.1. The van der Waals surface area contributed by atoms with Crippen LogP contribution in [0.15, 0.2) is 30.5 Å². The summed E-state index contributed by atoms with van der Waals surface area (Å²) < 4.78 is 1.85. The first kappa shape index (κ1) is 21.1. The fourth-order valence-electron chi connectivity index (χ4n) is 4.17. The Morgan fingerprint density at radius 3 is 2.62 bits per heavy atom. The molecule has 156 valence electrons. The lowest BCUT2D eigenvalue weighted by molar-refractivity contribution is -0.139. The van der Waals surface area contributed by atoms with Gasteiger partial charge >= 0.3 is 0 Å². The first-order valence-electron chi connectivity index (χ1n) is 10.5. The van der Waals surface area contributed by atoms with Gasteiger partial charge in [-0.25, -0.2) is 0 Å². The van der Waals surface area contributed by atoms with Crippen molar-refractivity contribution in [1.82, 2.24) is 20.0 Å². The number of amides is 2. The molecule has 1 saturated heterocycles. The van der Waals surface area contributed by atoms with Gasteiger partial charge in [0.15, 0.2) is 0 Å². The lowest BCUT2D eigenvalue weighted by atomic mass is 9.98. The number of hydrogen-bond donors (Lipinski definition) is 1. The van der Waals surface area contributed by atoms with Gasteiger partial charge < -0.3 is 10.2 Å². The van der Waals surface area contributed by atoms with E-state index in [1.54, 1.807) is 11.1 Å². The Morgan fingerprint density at radius 1 is 1.24 bits per heavy atom. The molecule has 2 atom stereocenters. The number of carbonyl (C=O) groups excluding carboxylic acids is 2. The first-order valence-corrected chi connectivity index (χ1v) is 10.5. The summed E-state index contributed by atoms with van der Waals surface area (Å²) in [7, 11) is 1.93. The molecule has 0 spiro atoms. The van der Waals surface area contributed by atoms with E-state index in [4.69, 9.17) is 0 Å². The van der Waals surface area contributed by atoms with Crippen LogP contribution >= 0.6 is 0 Å². The summed E-state index contributed by atoms with van der Waals surface area (Å²) >= 11 is 0. The van der Waals surface area contributed by atoms with Crippen LogP contribution in [0.3, 0.4) is 0 Å². The minimum Gasteiger partial charge on any atom is -0.348 e. The third-order valence-electron chi connectivity index (χ3n) is 5.67. The lowest BCUT2D eigenvalue weighted by Crippen LogP contribution is -2.46.